The molecule has 1 aromatic carbocycles. The molecule has 2 aromatic rings. The second-order valence-corrected chi connectivity index (χ2v) is 6.74. The lowest BCUT2D eigenvalue weighted by atomic mass is 9.67. The van der Waals surface area contributed by atoms with Crippen molar-refractivity contribution >= 4 is 40.8 Å². The van der Waals surface area contributed by atoms with Gasteiger partial charge >= 0.3 is 0 Å². The number of guanidine groups is 1. The van der Waals surface area contributed by atoms with Crippen LogP contribution in [-0.4, -0.2) is 24.0 Å². The molecular weight excluding hydrogens is 423 g/mol. The number of aromatic nitrogens is 1. The molecule has 4 nitrogen and oxygen atoms in total. The lowest BCUT2D eigenvalue weighted by Gasteiger charge is -2.41. The summed E-state index contributed by atoms with van der Waals surface area (Å²) in [6.07, 6.45) is 7.16. The van der Waals surface area contributed by atoms with Gasteiger partial charge in [0.2, 0.25) is 0 Å². The first-order valence-corrected chi connectivity index (χ1v) is 9.11. The molecule has 1 fully saturated rings. The number of para-hydroxylation sites is 1. The second kappa shape index (κ2) is 9.36. The average molecular weight is 452 g/mol. The Morgan fingerprint density at radius 2 is 1.96 bits per heavy atom. The van der Waals surface area contributed by atoms with E-state index < -0.39 is 0 Å². The van der Waals surface area contributed by atoms with Gasteiger partial charge in [-0.15, -0.1) is 24.0 Å². The van der Waals surface area contributed by atoms with E-state index in [0.29, 0.717) is 12.0 Å². The number of hydrogen-bond donors (Lipinski definition) is 2. The average Bonchev–Trinajstić information content (AvgIpc) is 2.59. The number of halogens is 1. The topological polar surface area (TPSA) is 49.3 Å². The molecule has 0 spiro atoms. The summed E-state index contributed by atoms with van der Waals surface area (Å²) in [4.78, 5) is 9.22. The first-order chi connectivity index (χ1) is 11.8. The van der Waals surface area contributed by atoms with Gasteiger partial charge in [0.1, 0.15) is 0 Å². The number of pyridine rings is 1. The first kappa shape index (κ1) is 19.9. The Hall–Kier alpha value is -1.37. The summed E-state index contributed by atoms with van der Waals surface area (Å²) in [5.74, 6) is 0.915. The summed E-state index contributed by atoms with van der Waals surface area (Å²) in [5, 5.41) is 8.11. The zero-order valence-corrected chi connectivity index (χ0v) is 17.5. The van der Waals surface area contributed by atoms with Crippen molar-refractivity contribution < 1.29 is 0 Å². The molecule has 0 aliphatic heterocycles. The molecule has 1 saturated carbocycles. The third-order valence-electron chi connectivity index (χ3n) is 5.29. The zero-order chi connectivity index (χ0) is 16.8. The van der Waals surface area contributed by atoms with Crippen LogP contribution in [-0.2, 0) is 6.54 Å². The maximum absolute atomic E-state index is 4.80. The highest BCUT2D eigenvalue weighted by atomic mass is 127. The van der Waals surface area contributed by atoms with Gasteiger partial charge in [0, 0.05) is 24.7 Å². The van der Waals surface area contributed by atoms with Crippen LogP contribution in [0.3, 0.4) is 0 Å². The molecule has 0 radical (unpaired) electrons. The third kappa shape index (κ3) is 4.84. The quantitative estimate of drug-likeness (QED) is 0.386. The molecule has 1 aromatic heterocycles. The second-order valence-electron chi connectivity index (χ2n) is 6.74. The van der Waals surface area contributed by atoms with E-state index in [4.69, 9.17) is 4.99 Å². The molecule has 136 valence electrons. The zero-order valence-electron chi connectivity index (χ0n) is 15.2. The van der Waals surface area contributed by atoms with Crippen LogP contribution in [0.1, 0.15) is 45.1 Å². The first-order valence-electron chi connectivity index (χ1n) is 9.11. The number of aliphatic imine (C=N–C) groups is 1. The normalized spacial score (nSPS) is 16.0. The van der Waals surface area contributed by atoms with Crippen LogP contribution in [0.5, 0.6) is 0 Å². The van der Waals surface area contributed by atoms with Gasteiger partial charge in [-0.05, 0) is 49.3 Å². The minimum Gasteiger partial charge on any atom is -0.357 e. The van der Waals surface area contributed by atoms with Gasteiger partial charge in [-0.3, -0.25) is 4.98 Å². The fourth-order valence-corrected chi connectivity index (χ4v) is 3.40. The van der Waals surface area contributed by atoms with E-state index in [2.05, 4.69) is 47.7 Å². The van der Waals surface area contributed by atoms with Gasteiger partial charge in [-0.25, -0.2) is 4.99 Å². The molecule has 0 bridgehead atoms. The van der Waals surface area contributed by atoms with E-state index in [1.807, 2.05) is 18.3 Å². The molecule has 0 amide bonds. The fourth-order valence-electron chi connectivity index (χ4n) is 3.40. The Kier molecular flexibility index (Phi) is 7.47. The summed E-state index contributed by atoms with van der Waals surface area (Å²) in [6, 6.07) is 10.3. The summed E-state index contributed by atoms with van der Waals surface area (Å²) in [6.45, 7) is 6.97. The smallest absolute Gasteiger partial charge is 0.191 e. The highest BCUT2D eigenvalue weighted by Gasteiger charge is 2.34. The molecule has 3 rings (SSSR count). The standard InChI is InChI=1S/C20H28N4.HI/c1-3-20(11-7-12-20)15-24-19(21-4-2)23-14-16-10-13-22-18-9-6-5-8-17(16)18;/h5-6,8-10,13H,3-4,7,11-12,14-15H2,1-2H3,(H2,21,23,24);1H. The SMILES string of the molecule is CCNC(=NCc1ccnc2ccccc12)NCC1(CC)CCC1.I. The highest BCUT2D eigenvalue weighted by molar-refractivity contribution is 14.0. The van der Waals surface area contributed by atoms with Gasteiger partial charge in [0.15, 0.2) is 5.96 Å². The van der Waals surface area contributed by atoms with Gasteiger partial charge in [0.05, 0.1) is 12.1 Å². The number of fused-ring (bicyclic) bond motifs is 1. The largest absolute Gasteiger partial charge is 0.357 e. The Morgan fingerprint density at radius 3 is 2.64 bits per heavy atom. The maximum atomic E-state index is 4.80. The molecule has 2 N–H and O–H groups in total. The van der Waals surface area contributed by atoms with Crippen molar-refractivity contribution in [2.45, 2.75) is 46.1 Å². The van der Waals surface area contributed by atoms with Crippen molar-refractivity contribution in [2.75, 3.05) is 13.1 Å². The molecular formula is C20H29IN4. The van der Waals surface area contributed by atoms with Crippen LogP contribution >= 0.6 is 24.0 Å². The third-order valence-corrected chi connectivity index (χ3v) is 5.29. The van der Waals surface area contributed by atoms with E-state index in [-0.39, 0.29) is 24.0 Å². The number of nitrogens with zero attached hydrogens (tertiary/aromatic N) is 2. The van der Waals surface area contributed by atoms with Gasteiger partial charge < -0.3 is 10.6 Å². The van der Waals surface area contributed by atoms with Gasteiger partial charge in [0.25, 0.3) is 0 Å². The number of nitrogens with one attached hydrogen (secondary N) is 2. The van der Waals surface area contributed by atoms with Gasteiger partial charge in [-0.1, -0.05) is 31.5 Å². The molecule has 5 heteroatoms. The predicted molar refractivity (Wildman–Crippen MR) is 117 cm³/mol. The summed E-state index contributed by atoms with van der Waals surface area (Å²) in [5.41, 5.74) is 2.73. The lowest BCUT2D eigenvalue weighted by Crippen LogP contribution is -2.46. The van der Waals surface area contributed by atoms with Crippen molar-refractivity contribution in [2.24, 2.45) is 10.4 Å². The van der Waals surface area contributed by atoms with Crippen LogP contribution in [0.2, 0.25) is 0 Å². The number of benzene rings is 1. The predicted octanol–water partition coefficient (Wildman–Crippen LogP) is 4.49. The molecule has 1 aliphatic rings. The van der Waals surface area contributed by atoms with Crippen molar-refractivity contribution in [3.63, 3.8) is 0 Å². The van der Waals surface area contributed by atoms with E-state index in [1.165, 1.54) is 36.6 Å². The minimum atomic E-state index is 0. The summed E-state index contributed by atoms with van der Waals surface area (Å²) in [7, 11) is 0. The monoisotopic (exact) mass is 452 g/mol. The molecule has 0 atom stereocenters. The van der Waals surface area contributed by atoms with Crippen LogP contribution < -0.4 is 10.6 Å². The summed E-state index contributed by atoms with van der Waals surface area (Å²) >= 11 is 0. The van der Waals surface area contributed by atoms with Crippen LogP contribution in [0.25, 0.3) is 10.9 Å². The van der Waals surface area contributed by atoms with E-state index in [0.717, 1.165) is 24.6 Å². The molecule has 25 heavy (non-hydrogen) atoms. The van der Waals surface area contributed by atoms with E-state index >= 15 is 0 Å². The fraction of sp³-hybridized carbons (Fsp3) is 0.500. The summed E-state index contributed by atoms with van der Waals surface area (Å²) < 4.78 is 0. The molecule has 1 aliphatic carbocycles. The van der Waals surface area contributed by atoms with Crippen LogP contribution in [0.15, 0.2) is 41.5 Å². The highest BCUT2D eigenvalue weighted by Crippen LogP contribution is 2.42. The van der Waals surface area contributed by atoms with Crippen molar-refractivity contribution in [1.82, 2.24) is 15.6 Å². The molecule has 1 heterocycles. The Bertz CT molecular complexity index is 699. The maximum Gasteiger partial charge on any atom is 0.191 e. The van der Waals surface area contributed by atoms with Gasteiger partial charge in [-0.2, -0.15) is 0 Å². The molecule has 0 saturated heterocycles. The number of rotatable bonds is 6. The van der Waals surface area contributed by atoms with Crippen molar-refractivity contribution in [1.29, 1.82) is 0 Å². The number of hydrogen-bond acceptors (Lipinski definition) is 2. The van der Waals surface area contributed by atoms with E-state index in [9.17, 15) is 0 Å². The van der Waals surface area contributed by atoms with Crippen LogP contribution in [0.4, 0.5) is 0 Å². The lowest BCUT2D eigenvalue weighted by molar-refractivity contribution is 0.131. The molecule has 0 unspecified atom stereocenters. The van der Waals surface area contributed by atoms with Crippen LogP contribution in [0, 0.1) is 5.41 Å². The van der Waals surface area contributed by atoms with Crippen molar-refractivity contribution in [3.8, 4) is 0 Å². The Balaban J connectivity index is 0.00000225. The van der Waals surface area contributed by atoms with E-state index in [1.54, 1.807) is 0 Å². The Morgan fingerprint density at radius 1 is 1.16 bits per heavy atom. The Labute approximate surface area is 167 Å². The minimum absolute atomic E-state index is 0. The van der Waals surface area contributed by atoms with Crippen molar-refractivity contribution in [3.05, 3.63) is 42.1 Å².